The molecule has 0 aromatic heterocycles. The standard InChI is InChI=1S/C12H17N3O/c13-9-1-3-10(4-2-9)15-12-7-11(5-6-16)14-8-12/h1-4,6,11-12,14-15H,5,7-8,13H2. The second-order valence-corrected chi connectivity index (χ2v) is 4.21. The fourth-order valence-electron chi connectivity index (χ4n) is 2.04. The molecule has 4 heteroatoms. The fourth-order valence-corrected chi connectivity index (χ4v) is 2.04. The molecular weight excluding hydrogens is 202 g/mol. The topological polar surface area (TPSA) is 67.2 Å². The van der Waals surface area contributed by atoms with E-state index in [-0.39, 0.29) is 0 Å². The van der Waals surface area contributed by atoms with Crippen molar-refractivity contribution in [3.05, 3.63) is 24.3 Å². The van der Waals surface area contributed by atoms with Crippen LogP contribution in [-0.2, 0) is 4.79 Å². The lowest BCUT2D eigenvalue weighted by atomic mass is 10.1. The molecule has 1 aromatic carbocycles. The van der Waals surface area contributed by atoms with Gasteiger partial charge in [0, 0.05) is 36.4 Å². The fraction of sp³-hybridized carbons (Fsp3) is 0.417. The van der Waals surface area contributed by atoms with E-state index in [2.05, 4.69) is 10.6 Å². The predicted octanol–water partition coefficient (Wildman–Crippen LogP) is 1.00. The van der Waals surface area contributed by atoms with E-state index in [1.807, 2.05) is 24.3 Å². The van der Waals surface area contributed by atoms with Crippen molar-refractivity contribution in [2.24, 2.45) is 0 Å². The molecule has 0 bridgehead atoms. The van der Waals surface area contributed by atoms with Gasteiger partial charge in [-0.25, -0.2) is 0 Å². The highest BCUT2D eigenvalue weighted by Crippen LogP contribution is 2.16. The molecular formula is C12H17N3O. The molecule has 2 rings (SSSR count). The van der Waals surface area contributed by atoms with Gasteiger partial charge >= 0.3 is 0 Å². The first-order valence-corrected chi connectivity index (χ1v) is 5.57. The Kier molecular flexibility index (Phi) is 3.41. The summed E-state index contributed by atoms with van der Waals surface area (Å²) in [7, 11) is 0. The molecule has 1 aromatic rings. The number of nitrogens with two attached hydrogens (primary N) is 1. The van der Waals surface area contributed by atoms with Gasteiger partial charge in [0.1, 0.15) is 6.29 Å². The Morgan fingerprint density at radius 1 is 1.44 bits per heavy atom. The van der Waals surface area contributed by atoms with Crippen LogP contribution in [0, 0.1) is 0 Å². The van der Waals surface area contributed by atoms with Gasteiger partial charge in [-0.15, -0.1) is 0 Å². The van der Waals surface area contributed by atoms with Gasteiger partial charge in [-0.3, -0.25) is 0 Å². The molecule has 1 heterocycles. The second kappa shape index (κ2) is 4.99. The lowest BCUT2D eigenvalue weighted by Crippen LogP contribution is -2.23. The second-order valence-electron chi connectivity index (χ2n) is 4.21. The van der Waals surface area contributed by atoms with Crippen LogP contribution in [0.1, 0.15) is 12.8 Å². The zero-order valence-corrected chi connectivity index (χ0v) is 9.15. The molecule has 0 saturated carbocycles. The molecule has 0 aliphatic carbocycles. The average Bonchev–Trinajstić information content (AvgIpc) is 2.70. The summed E-state index contributed by atoms with van der Waals surface area (Å²) in [6.45, 7) is 0.906. The van der Waals surface area contributed by atoms with Crippen LogP contribution in [0.4, 0.5) is 11.4 Å². The van der Waals surface area contributed by atoms with Crippen LogP contribution < -0.4 is 16.4 Å². The molecule has 1 aliphatic rings. The van der Waals surface area contributed by atoms with E-state index in [1.54, 1.807) is 0 Å². The minimum Gasteiger partial charge on any atom is -0.399 e. The van der Waals surface area contributed by atoms with E-state index in [0.717, 1.165) is 30.6 Å². The Labute approximate surface area is 95.2 Å². The highest BCUT2D eigenvalue weighted by Gasteiger charge is 2.23. The molecule has 4 N–H and O–H groups in total. The molecule has 1 fully saturated rings. The number of carbonyl (C=O) groups excluding carboxylic acids is 1. The van der Waals surface area contributed by atoms with E-state index < -0.39 is 0 Å². The summed E-state index contributed by atoms with van der Waals surface area (Å²) < 4.78 is 0. The highest BCUT2D eigenvalue weighted by molar-refractivity contribution is 5.52. The lowest BCUT2D eigenvalue weighted by Gasteiger charge is -2.13. The van der Waals surface area contributed by atoms with Crippen molar-refractivity contribution >= 4 is 17.7 Å². The third-order valence-electron chi connectivity index (χ3n) is 2.88. The Morgan fingerprint density at radius 2 is 2.19 bits per heavy atom. The van der Waals surface area contributed by atoms with Crippen molar-refractivity contribution in [1.82, 2.24) is 5.32 Å². The minimum absolute atomic E-state index is 0.323. The molecule has 0 amide bonds. The monoisotopic (exact) mass is 219 g/mol. The minimum atomic E-state index is 0.323. The summed E-state index contributed by atoms with van der Waals surface area (Å²) >= 11 is 0. The molecule has 4 nitrogen and oxygen atoms in total. The van der Waals surface area contributed by atoms with Gasteiger partial charge in [0.15, 0.2) is 0 Å². The molecule has 16 heavy (non-hydrogen) atoms. The summed E-state index contributed by atoms with van der Waals surface area (Å²) in [4.78, 5) is 10.4. The van der Waals surface area contributed by atoms with E-state index >= 15 is 0 Å². The number of rotatable bonds is 4. The zero-order valence-electron chi connectivity index (χ0n) is 9.15. The van der Waals surface area contributed by atoms with Gasteiger partial charge in [-0.05, 0) is 30.7 Å². The summed E-state index contributed by atoms with van der Waals surface area (Å²) in [5, 5.41) is 6.74. The maximum Gasteiger partial charge on any atom is 0.121 e. The molecule has 2 atom stereocenters. The number of aldehydes is 1. The lowest BCUT2D eigenvalue weighted by molar-refractivity contribution is -0.108. The third-order valence-corrected chi connectivity index (χ3v) is 2.88. The molecule has 0 radical (unpaired) electrons. The van der Waals surface area contributed by atoms with Gasteiger partial charge in [0.2, 0.25) is 0 Å². The Hall–Kier alpha value is -1.55. The first kappa shape index (κ1) is 11.0. The maximum atomic E-state index is 10.4. The van der Waals surface area contributed by atoms with Crippen LogP contribution in [0.25, 0.3) is 0 Å². The summed E-state index contributed by atoms with van der Waals surface area (Å²) in [5.74, 6) is 0. The smallest absolute Gasteiger partial charge is 0.121 e. The molecule has 2 unspecified atom stereocenters. The van der Waals surface area contributed by atoms with Gasteiger partial charge in [-0.2, -0.15) is 0 Å². The maximum absolute atomic E-state index is 10.4. The Balaban J connectivity index is 1.87. The number of nitrogen functional groups attached to an aromatic ring is 1. The molecule has 0 spiro atoms. The first-order chi connectivity index (χ1) is 7.78. The van der Waals surface area contributed by atoms with Crippen molar-refractivity contribution in [3.8, 4) is 0 Å². The van der Waals surface area contributed by atoms with E-state index in [4.69, 9.17) is 5.73 Å². The number of carbonyl (C=O) groups is 1. The molecule has 1 saturated heterocycles. The van der Waals surface area contributed by atoms with Crippen molar-refractivity contribution in [3.63, 3.8) is 0 Å². The molecule has 1 aliphatic heterocycles. The summed E-state index contributed by atoms with van der Waals surface area (Å²) in [5.41, 5.74) is 7.47. The van der Waals surface area contributed by atoms with Crippen molar-refractivity contribution in [2.45, 2.75) is 24.9 Å². The van der Waals surface area contributed by atoms with Crippen LogP contribution in [0.2, 0.25) is 0 Å². The van der Waals surface area contributed by atoms with Crippen molar-refractivity contribution < 1.29 is 4.79 Å². The number of anilines is 2. The van der Waals surface area contributed by atoms with Crippen LogP contribution in [0.5, 0.6) is 0 Å². The summed E-state index contributed by atoms with van der Waals surface area (Å²) in [6, 6.07) is 8.43. The van der Waals surface area contributed by atoms with Gasteiger partial charge < -0.3 is 21.2 Å². The van der Waals surface area contributed by atoms with E-state index in [9.17, 15) is 4.79 Å². The largest absolute Gasteiger partial charge is 0.399 e. The van der Waals surface area contributed by atoms with Crippen LogP contribution >= 0.6 is 0 Å². The van der Waals surface area contributed by atoms with Crippen molar-refractivity contribution in [2.75, 3.05) is 17.6 Å². The SMILES string of the molecule is Nc1ccc(NC2CNC(CC=O)C2)cc1. The number of hydrogen-bond donors (Lipinski definition) is 3. The van der Waals surface area contributed by atoms with Crippen LogP contribution in [0.3, 0.4) is 0 Å². The Morgan fingerprint density at radius 3 is 2.88 bits per heavy atom. The predicted molar refractivity (Wildman–Crippen MR) is 65.4 cm³/mol. The number of nitrogens with one attached hydrogen (secondary N) is 2. The van der Waals surface area contributed by atoms with Crippen LogP contribution in [-0.4, -0.2) is 24.9 Å². The van der Waals surface area contributed by atoms with Gasteiger partial charge in [0.25, 0.3) is 0 Å². The van der Waals surface area contributed by atoms with Crippen LogP contribution in [0.15, 0.2) is 24.3 Å². The summed E-state index contributed by atoms with van der Waals surface area (Å²) in [6.07, 6.45) is 2.56. The Bertz CT molecular complexity index is 350. The van der Waals surface area contributed by atoms with E-state index in [0.29, 0.717) is 18.5 Å². The van der Waals surface area contributed by atoms with E-state index in [1.165, 1.54) is 0 Å². The number of hydrogen-bond acceptors (Lipinski definition) is 4. The highest BCUT2D eigenvalue weighted by atomic mass is 16.1. The first-order valence-electron chi connectivity index (χ1n) is 5.57. The molecule has 86 valence electrons. The average molecular weight is 219 g/mol. The van der Waals surface area contributed by atoms with Gasteiger partial charge in [0.05, 0.1) is 0 Å². The quantitative estimate of drug-likeness (QED) is 0.522. The van der Waals surface area contributed by atoms with Gasteiger partial charge in [-0.1, -0.05) is 0 Å². The number of benzene rings is 1. The third kappa shape index (κ3) is 2.73. The zero-order chi connectivity index (χ0) is 11.4. The van der Waals surface area contributed by atoms with Crippen molar-refractivity contribution in [1.29, 1.82) is 0 Å². The normalized spacial score (nSPS) is 24.2.